The highest BCUT2D eigenvalue weighted by atomic mass is 16.6. The first-order chi connectivity index (χ1) is 15.4. The zero-order chi connectivity index (χ0) is 22.2. The van der Waals surface area contributed by atoms with Crippen molar-refractivity contribution in [3.8, 4) is 17.1 Å². The van der Waals surface area contributed by atoms with Crippen molar-refractivity contribution in [1.82, 2.24) is 5.01 Å². The van der Waals surface area contributed by atoms with Gasteiger partial charge in [-0.15, -0.1) is 0 Å². The summed E-state index contributed by atoms with van der Waals surface area (Å²) in [6.45, 7) is 0. The number of hydrogen-bond acceptors (Lipinski definition) is 7. The summed E-state index contributed by atoms with van der Waals surface area (Å²) in [5.74, 6) is 0.309. The Balaban J connectivity index is 1.23. The number of nitrogens with zero attached hydrogens (tertiary/aromatic N) is 3. The summed E-state index contributed by atoms with van der Waals surface area (Å²) in [5, 5.41) is 16.1. The molecule has 9 nitrogen and oxygen atoms in total. The van der Waals surface area contributed by atoms with E-state index in [2.05, 4.69) is 17.3 Å². The number of imide groups is 1. The zero-order valence-corrected chi connectivity index (χ0v) is 17.1. The molecule has 2 aromatic rings. The Hall–Kier alpha value is -3.75. The van der Waals surface area contributed by atoms with Crippen molar-refractivity contribution in [2.75, 3.05) is 7.11 Å². The Kier molecular flexibility index (Phi) is 3.78. The van der Waals surface area contributed by atoms with Gasteiger partial charge in [-0.1, -0.05) is 12.2 Å². The Labute approximate surface area is 182 Å². The van der Waals surface area contributed by atoms with Crippen LogP contribution in [0.15, 0.2) is 52.0 Å². The third-order valence-corrected chi connectivity index (χ3v) is 7.42. The fraction of sp³-hybridized carbons (Fsp3) is 0.348. The van der Waals surface area contributed by atoms with Crippen LogP contribution < -0.4 is 4.74 Å². The minimum atomic E-state index is -0.501. The van der Waals surface area contributed by atoms with Crippen LogP contribution in [0.1, 0.15) is 18.6 Å². The molecule has 1 aliphatic heterocycles. The van der Waals surface area contributed by atoms with Crippen LogP contribution in [0.2, 0.25) is 0 Å². The predicted octanol–water partition coefficient (Wildman–Crippen LogP) is 3.39. The van der Waals surface area contributed by atoms with Gasteiger partial charge < -0.3 is 9.15 Å². The van der Waals surface area contributed by atoms with Gasteiger partial charge in [-0.3, -0.25) is 19.7 Å². The standard InChI is InChI=1S/C23H19N3O6/c1-31-18-10-12(26(29)30)2-4-14(18)17-7-3-13(32-17)11-24-25-21(27)19-15-5-6-16(20(19)22(25)28)23(15)8-9-23/h2-7,10-11,15-16,19-20H,8-9H2,1H3/b24-11+. The quantitative estimate of drug-likeness (QED) is 0.235. The second-order valence-corrected chi connectivity index (χ2v) is 8.80. The predicted molar refractivity (Wildman–Crippen MR) is 112 cm³/mol. The molecule has 1 aromatic carbocycles. The molecule has 3 fully saturated rings. The summed E-state index contributed by atoms with van der Waals surface area (Å²) in [6.07, 6.45) is 7.77. The van der Waals surface area contributed by atoms with Crippen LogP contribution in [0.4, 0.5) is 5.69 Å². The molecule has 3 aliphatic carbocycles. The number of benzene rings is 1. The molecule has 0 radical (unpaired) electrons. The molecule has 4 aliphatic rings. The maximum absolute atomic E-state index is 13.0. The number of nitro groups is 1. The molecule has 1 spiro atoms. The number of hydrazone groups is 1. The number of carbonyl (C=O) groups is 2. The number of rotatable bonds is 5. The van der Waals surface area contributed by atoms with Gasteiger partial charge in [-0.25, -0.2) is 0 Å². The molecule has 162 valence electrons. The van der Waals surface area contributed by atoms with Crippen molar-refractivity contribution in [2.45, 2.75) is 12.8 Å². The lowest BCUT2D eigenvalue weighted by Gasteiger charge is -2.18. The van der Waals surface area contributed by atoms with Crippen LogP contribution in [0.3, 0.4) is 0 Å². The van der Waals surface area contributed by atoms with Gasteiger partial charge in [0.25, 0.3) is 17.5 Å². The summed E-state index contributed by atoms with van der Waals surface area (Å²) in [5.41, 5.74) is 0.598. The summed E-state index contributed by atoms with van der Waals surface area (Å²) in [7, 11) is 1.42. The van der Waals surface area contributed by atoms with Crippen molar-refractivity contribution in [2.24, 2.45) is 34.2 Å². The van der Waals surface area contributed by atoms with Crippen LogP contribution in [-0.2, 0) is 9.59 Å². The van der Waals surface area contributed by atoms with Gasteiger partial charge >= 0.3 is 0 Å². The first-order valence-electron chi connectivity index (χ1n) is 10.5. The first-order valence-corrected chi connectivity index (χ1v) is 10.5. The van der Waals surface area contributed by atoms with Gasteiger partial charge in [-0.2, -0.15) is 10.1 Å². The average molecular weight is 433 g/mol. The number of fused-ring (bicyclic) bond motifs is 3. The van der Waals surface area contributed by atoms with E-state index in [-0.39, 0.29) is 46.6 Å². The van der Waals surface area contributed by atoms with Crippen LogP contribution >= 0.6 is 0 Å². The maximum Gasteiger partial charge on any atom is 0.273 e. The lowest BCUT2D eigenvalue weighted by molar-refractivity contribution is -0.384. The van der Waals surface area contributed by atoms with Crippen molar-refractivity contribution in [1.29, 1.82) is 0 Å². The molecule has 2 amide bonds. The Morgan fingerprint density at radius 2 is 1.84 bits per heavy atom. The molecule has 2 heterocycles. The zero-order valence-electron chi connectivity index (χ0n) is 17.1. The SMILES string of the molecule is COc1cc([N+](=O)[O-])ccc1-c1ccc(/C=N/N2C(=O)C3C(C2=O)C2C=CC3C23CC3)o1. The van der Waals surface area contributed by atoms with Crippen molar-refractivity contribution in [3.05, 3.63) is 58.4 Å². The normalized spacial score (nSPS) is 28.8. The number of non-ortho nitro benzene ring substituents is 1. The maximum atomic E-state index is 13.0. The highest BCUT2D eigenvalue weighted by Gasteiger charge is 2.73. The van der Waals surface area contributed by atoms with Gasteiger partial charge in [-0.05, 0) is 48.3 Å². The summed E-state index contributed by atoms with van der Waals surface area (Å²) in [4.78, 5) is 36.4. The van der Waals surface area contributed by atoms with Crippen molar-refractivity contribution >= 4 is 23.7 Å². The summed E-state index contributed by atoms with van der Waals surface area (Å²) in [6, 6.07) is 7.55. The number of nitro benzene ring substituents is 1. The van der Waals surface area contributed by atoms with Crippen LogP contribution in [0.5, 0.6) is 5.75 Å². The molecular formula is C23H19N3O6. The molecule has 0 N–H and O–H groups in total. The van der Waals surface area contributed by atoms with E-state index in [4.69, 9.17) is 9.15 Å². The number of methoxy groups -OCH3 is 1. The molecule has 1 saturated heterocycles. The van der Waals surface area contributed by atoms with Gasteiger partial charge in [0.05, 0.1) is 41.7 Å². The molecule has 9 heteroatoms. The van der Waals surface area contributed by atoms with E-state index >= 15 is 0 Å². The van der Waals surface area contributed by atoms with Crippen molar-refractivity contribution < 1.29 is 23.7 Å². The lowest BCUT2D eigenvalue weighted by atomic mass is 9.85. The van der Waals surface area contributed by atoms with Crippen LogP contribution in [-0.4, -0.2) is 35.1 Å². The van der Waals surface area contributed by atoms with Gasteiger partial charge in [0.1, 0.15) is 17.3 Å². The average Bonchev–Trinajstić information content (AvgIpc) is 3.08. The molecule has 2 bridgehead atoms. The first kappa shape index (κ1) is 19.0. The lowest BCUT2D eigenvalue weighted by Crippen LogP contribution is -2.30. The van der Waals surface area contributed by atoms with Gasteiger partial charge in [0.2, 0.25) is 0 Å². The number of hydrogen-bond donors (Lipinski definition) is 0. The second-order valence-electron chi connectivity index (χ2n) is 8.80. The highest BCUT2D eigenvalue weighted by molar-refractivity contribution is 6.07. The Morgan fingerprint density at radius 3 is 2.44 bits per heavy atom. The van der Waals surface area contributed by atoms with Crippen LogP contribution in [0, 0.1) is 39.2 Å². The van der Waals surface area contributed by atoms with E-state index < -0.39 is 4.92 Å². The fourth-order valence-electron chi connectivity index (χ4n) is 5.86. The Bertz CT molecular complexity index is 1210. The van der Waals surface area contributed by atoms with E-state index in [9.17, 15) is 19.7 Å². The molecule has 1 aromatic heterocycles. The molecular weight excluding hydrogens is 414 g/mol. The number of ether oxygens (including phenoxy) is 1. The van der Waals surface area contributed by atoms with E-state index in [1.807, 2.05) is 0 Å². The molecule has 4 unspecified atom stereocenters. The third kappa shape index (κ3) is 2.41. The smallest absolute Gasteiger partial charge is 0.273 e. The molecule has 4 atom stereocenters. The van der Waals surface area contributed by atoms with Gasteiger partial charge in [0.15, 0.2) is 0 Å². The van der Waals surface area contributed by atoms with E-state index in [1.165, 1.54) is 25.5 Å². The summed E-state index contributed by atoms with van der Waals surface area (Å²) < 4.78 is 11.0. The Morgan fingerprint density at radius 1 is 1.16 bits per heavy atom. The number of allylic oxidation sites excluding steroid dienone is 2. The van der Waals surface area contributed by atoms with E-state index in [0.717, 1.165) is 17.9 Å². The van der Waals surface area contributed by atoms with E-state index in [1.54, 1.807) is 18.2 Å². The minimum absolute atomic E-state index is 0.0908. The summed E-state index contributed by atoms with van der Waals surface area (Å²) >= 11 is 0. The largest absolute Gasteiger partial charge is 0.496 e. The van der Waals surface area contributed by atoms with E-state index in [0.29, 0.717) is 22.8 Å². The number of amides is 2. The minimum Gasteiger partial charge on any atom is -0.496 e. The highest BCUT2D eigenvalue weighted by Crippen LogP contribution is 2.73. The monoisotopic (exact) mass is 433 g/mol. The second kappa shape index (κ2) is 6.38. The number of carbonyl (C=O) groups excluding carboxylic acids is 2. The third-order valence-electron chi connectivity index (χ3n) is 7.42. The van der Waals surface area contributed by atoms with Gasteiger partial charge in [0, 0.05) is 6.07 Å². The fourth-order valence-corrected chi connectivity index (χ4v) is 5.86. The molecule has 2 saturated carbocycles. The van der Waals surface area contributed by atoms with Crippen molar-refractivity contribution in [3.63, 3.8) is 0 Å². The van der Waals surface area contributed by atoms with Crippen LogP contribution in [0.25, 0.3) is 11.3 Å². The molecule has 6 rings (SSSR count). The number of furan rings is 1. The molecule has 32 heavy (non-hydrogen) atoms. The topological polar surface area (TPSA) is 115 Å².